The predicted octanol–water partition coefficient (Wildman–Crippen LogP) is 1.25. The molecule has 0 spiro atoms. The van der Waals surface area contributed by atoms with Crippen LogP contribution in [0.5, 0.6) is 0 Å². The first-order valence-corrected chi connectivity index (χ1v) is 8.24. The van der Waals surface area contributed by atoms with Crippen LogP contribution in [0.25, 0.3) is 0 Å². The van der Waals surface area contributed by atoms with Gasteiger partial charge in [0.2, 0.25) is 19.2 Å². The number of sulfone groups is 1. The van der Waals surface area contributed by atoms with Gasteiger partial charge in [0.15, 0.2) is 0 Å². The maximum Gasteiger partial charge on any atom is 0.282 e. The molecule has 0 aliphatic heterocycles. The fourth-order valence-corrected chi connectivity index (χ4v) is 3.52. The van der Waals surface area contributed by atoms with Gasteiger partial charge >= 0.3 is 0 Å². The fraction of sp³-hybridized carbons (Fsp3) is 0.700. The van der Waals surface area contributed by atoms with Crippen molar-refractivity contribution < 1.29 is 13.2 Å². The van der Waals surface area contributed by atoms with Crippen LogP contribution in [0.4, 0.5) is 0 Å². The monoisotopic (exact) mass is 291 g/mol. The van der Waals surface area contributed by atoms with Crippen LogP contribution in [0.3, 0.4) is 0 Å². The molecule has 8 heteroatoms. The first-order valence-electron chi connectivity index (χ1n) is 5.77. The minimum absolute atomic E-state index is 0.0224. The van der Waals surface area contributed by atoms with Gasteiger partial charge in [-0.25, -0.2) is 8.42 Å². The molecule has 1 unspecified atom stereocenters. The summed E-state index contributed by atoms with van der Waals surface area (Å²) in [6.07, 6.45) is 1.31. The van der Waals surface area contributed by atoms with Gasteiger partial charge in [0.05, 0.1) is 5.75 Å². The van der Waals surface area contributed by atoms with Crippen LogP contribution in [0.2, 0.25) is 0 Å². The molecule has 1 atom stereocenters. The number of nitrogens with one attached hydrogen (secondary N) is 1. The third kappa shape index (κ3) is 3.74. The van der Waals surface area contributed by atoms with Gasteiger partial charge in [0.1, 0.15) is 0 Å². The molecule has 18 heavy (non-hydrogen) atoms. The molecule has 6 nitrogen and oxygen atoms in total. The van der Waals surface area contributed by atoms with E-state index in [1.165, 1.54) is 0 Å². The SMILES string of the molecule is CCCS(=O)(=O)c1nnc(C(=O)NC(C)CC)s1. The smallest absolute Gasteiger partial charge is 0.282 e. The average Bonchev–Trinajstić information content (AvgIpc) is 2.78. The molecular weight excluding hydrogens is 274 g/mol. The third-order valence-corrected chi connectivity index (χ3v) is 5.62. The highest BCUT2D eigenvalue weighted by Crippen LogP contribution is 2.17. The molecule has 0 saturated heterocycles. The molecule has 1 amide bonds. The molecule has 1 N–H and O–H groups in total. The predicted molar refractivity (Wildman–Crippen MR) is 69.5 cm³/mol. The summed E-state index contributed by atoms with van der Waals surface area (Å²) in [6.45, 7) is 5.59. The minimum atomic E-state index is -3.39. The Hall–Kier alpha value is -1.02. The van der Waals surface area contributed by atoms with Gasteiger partial charge in [-0.3, -0.25) is 4.79 Å². The first kappa shape index (κ1) is 15.0. The van der Waals surface area contributed by atoms with E-state index < -0.39 is 9.84 Å². The van der Waals surface area contributed by atoms with E-state index in [9.17, 15) is 13.2 Å². The van der Waals surface area contributed by atoms with E-state index in [0.717, 1.165) is 17.8 Å². The van der Waals surface area contributed by atoms with Gasteiger partial charge in [0.25, 0.3) is 5.91 Å². The summed E-state index contributed by atoms with van der Waals surface area (Å²) in [5.41, 5.74) is 0. The Balaban J connectivity index is 2.84. The Bertz CT molecular complexity index is 510. The highest BCUT2D eigenvalue weighted by molar-refractivity contribution is 7.93. The lowest BCUT2D eigenvalue weighted by molar-refractivity contribution is 0.0938. The highest BCUT2D eigenvalue weighted by Gasteiger charge is 2.22. The van der Waals surface area contributed by atoms with Crippen molar-refractivity contribution in [2.45, 2.75) is 44.0 Å². The number of nitrogens with zero attached hydrogens (tertiary/aromatic N) is 2. The molecular formula is C10H17N3O3S2. The van der Waals surface area contributed by atoms with Gasteiger partial charge < -0.3 is 5.32 Å². The lowest BCUT2D eigenvalue weighted by Gasteiger charge is -2.08. The summed E-state index contributed by atoms with van der Waals surface area (Å²) in [7, 11) is -3.39. The second kappa shape index (κ2) is 6.24. The number of hydrogen-bond donors (Lipinski definition) is 1. The van der Waals surface area contributed by atoms with E-state index in [1.807, 2.05) is 13.8 Å². The van der Waals surface area contributed by atoms with Crippen LogP contribution in [-0.2, 0) is 9.84 Å². The second-order valence-corrected chi connectivity index (χ2v) is 7.24. The Kier molecular flexibility index (Phi) is 5.21. The van der Waals surface area contributed by atoms with Crippen molar-refractivity contribution in [1.29, 1.82) is 0 Å². The summed E-state index contributed by atoms with van der Waals surface area (Å²) >= 11 is 0.818. The van der Waals surface area contributed by atoms with Crippen LogP contribution >= 0.6 is 11.3 Å². The van der Waals surface area contributed by atoms with E-state index in [-0.39, 0.29) is 27.0 Å². The van der Waals surface area contributed by atoms with Gasteiger partial charge in [-0.15, -0.1) is 10.2 Å². The summed E-state index contributed by atoms with van der Waals surface area (Å²) in [5, 5.41) is 10.0. The number of rotatable bonds is 6. The van der Waals surface area contributed by atoms with Crippen molar-refractivity contribution in [3.05, 3.63) is 5.01 Å². The van der Waals surface area contributed by atoms with Gasteiger partial charge in [-0.05, 0) is 19.8 Å². The molecule has 0 radical (unpaired) electrons. The van der Waals surface area contributed by atoms with Crippen LogP contribution in [0, 0.1) is 0 Å². The standard InChI is InChI=1S/C10H17N3O3S2/c1-4-6-18(15,16)10-13-12-9(17-10)8(14)11-7(3)5-2/h7H,4-6H2,1-3H3,(H,11,14). The largest absolute Gasteiger partial charge is 0.347 e. The summed E-state index contributed by atoms with van der Waals surface area (Å²) in [6, 6.07) is 0.0251. The zero-order chi connectivity index (χ0) is 13.8. The van der Waals surface area contributed by atoms with Crippen molar-refractivity contribution in [2.24, 2.45) is 0 Å². The summed E-state index contributed by atoms with van der Waals surface area (Å²) in [4.78, 5) is 11.7. The molecule has 0 bridgehead atoms. The van der Waals surface area contributed by atoms with Gasteiger partial charge in [-0.2, -0.15) is 0 Å². The Morgan fingerprint density at radius 3 is 2.61 bits per heavy atom. The Morgan fingerprint density at radius 1 is 1.39 bits per heavy atom. The quantitative estimate of drug-likeness (QED) is 0.852. The summed E-state index contributed by atoms with van der Waals surface area (Å²) < 4.78 is 23.4. The Morgan fingerprint density at radius 2 is 2.06 bits per heavy atom. The van der Waals surface area contributed by atoms with Crippen LogP contribution in [0.1, 0.15) is 43.4 Å². The molecule has 0 aliphatic rings. The van der Waals surface area contributed by atoms with Crippen molar-refractivity contribution in [3.8, 4) is 0 Å². The van der Waals surface area contributed by atoms with Crippen LogP contribution in [0.15, 0.2) is 4.34 Å². The summed E-state index contributed by atoms with van der Waals surface area (Å²) in [5.74, 6) is -0.353. The number of hydrogen-bond acceptors (Lipinski definition) is 6. The van der Waals surface area contributed by atoms with Crippen LogP contribution < -0.4 is 5.32 Å². The second-order valence-electron chi connectivity index (χ2n) is 3.97. The number of carbonyl (C=O) groups excluding carboxylic acids is 1. The minimum Gasteiger partial charge on any atom is -0.347 e. The number of amides is 1. The third-order valence-electron chi connectivity index (χ3n) is 2.33. The van der Waals surface area contributed by atoms with Crippen molar-refractivity contribution in [2.75, 3.05) is 5.75 Å². The maximum atomic E-state index is 11.7. The lowest BCUT2D eigenvalue weighted by Crippen LogP contribution is -2.31. The molecule has 102 valence electrons. The molecule has 1 heterocycles. The average molecular weight is 291 g/mol. The maximum absolute atomic E-state index is 11.7. The van der Waals surface area contributed by atoms with E-state index in [0.29, 0.717) is 6.42 Å². The van der Waals surface area contributed by atoms with Crippen molar-refractivity contribution >= 4 is 27.1 Å². The molecule has 1 aromatic rings. The van der Waals surface area contributed by atoms with Crippen LogP contribution in [-0.4, -0.2) is 36.3 Å². The van der Waals surface area contributed by atoms with E-state index >= 15 is 0 Å². The zero-order valence-electron chi connectivity index (χ0n) is 10.6. The molecule has 0 saturated carbocycles. The molecule has 0 aliphatic carbocycles. The molecule has 0 fully saturated rings. The number of carbonyl (C=O) groups is 1. The lowest BCUT2D eigenvalue weighted by atomic mass is 10.2. The van der Waals surface area contributed by atoms with Gasteiger partial charge in [-0.1, -0.05) is 25.2 Å². The molecule has 1 aromatic heterocycles. The van der Waals surface area contributed by atoms with Gasteiger partial charge in [0, 0.05) is 6.04 Å². The zero-order valence-corrected chi connectivity index (χ0v) is 12.3. The topological polar surface area (TPSA) is 89.0 Å². The Labute approximate surface area is 111 Å². The fourth-order valence-electron chi connectivity index (χ4n) is 1.17. The van der Waals surface area contributed by atoms with E-state index in [4.69, 9.17) is 0 Å². The van der Waals surface area contributed by atoms with Crippen molar-refractivity contribution in [1.82, 2.24) is 15.5 Å². The normalized spacial score (nSPS) is 13.3. The number of aromatic nitrogens is 2. The van der Waals surface area contributed by atoms with E-state index in [2.05, 4.69) is 15.5 Å². The molecule has 1 rings (SSSR count). The first-order chi connectivity index (χ1) is 8.40. The van der Waals surface area contributed by atoms with Crippen molar-refractivity contribution in [3.63, 3.8) is 0 Å². The highest BCUT2D eigenvalue weighted by atomic mass is 32.2. The van der Waals surface area contributed by atoms with E-state index in [1.54, 1.807) is 6.92 Å². The molecule has 0 aromatic carbocycles.